The zero-order valence-electron chi connectivity index (χ0n) is 13.0. The van der Waals surface area contributed by atoms with Crippen LogP contribution in [0.5, 0.6) is 0 Å². The van der Waals surface area contributed by atoms with Crippen LogP contribution in [0.2, 0.25) is 0 Å². The number of carbonyl (C=O) groups is 1. The van der Waals surface area contributed by atoms with E-state index in [1.807, 2.05) is 6.92 Å². The van der Waals surface area contributed by atoms with Crippen molar-refractivity contribution in [1.82, 2.24) is 10.2 Å². The SMILES string of the molecule is CCNC(=O)CCN1CCO[C@H](c2ccc(C(F)(F)F)cc2)C1. The van der Waals surface area contributed by atoms with Crippen molar-refractivity contribution in [2.45, 2.75) is 25.6 Å². The molecular weight excluding hydrogens is 309 g/mol. The first-order chi connectivity index (χ1) is 10.9. The average Bonchev–Trinajstić information content (AvgIpc) is 2.53. The number of alkyl halides is 3. The molecule has 23 heavy (non-hydrogen) atoms. The van der Waals surface area contributed by atoms with Crippen molar-refractivity contribution in [3.8, 4) is 0 Å². The summed E-state index contributed by atoms with van der Waals surface area (Å²) in [5.41, 5.74) is 0.0610. The van der Waals surface area contributed by atoms with Crippen LogP contribution in [0.1, 0.15) is 30.6 Å². The Balaban J connectivity index is 1.91. The summed E-state index contributed by atoms with van der Waals surface area (Å²) in [6.07, 6.45) is -4.18. The van der Waals surface area contributed by atoms with Crippen molar-refractivity contribution in [1.29, 1.82) is 0 Å². The fourth-order valence-corrected chi connectivity index (χ4v) is 2.54. The predicted molar refractivity (Wildman–Crippen MR) is 79.9 cm³/mol. The van der Waals surface area contributed by atoms with Gasteiger partial charge in [-0.2, -0.15) is 13.2 Å². The van der Waals surface area contributed by atoms with Gasteiger partial charge in [0.05, 0.1) is 18.3 Å². The van der Waals surface area contributed by atoms with Crippen molar-refractivity contribution >= 4 is 5.91 Å². The summed E-state index contributed by atoms with van der Waals surface area (Å²) in [6.45, 7) is 4.89. The minimum atomic E-state index is -4.33. The quantitative estimate of drug-likeness (QED) is 0.902. The van der Waals surface area contributed by atoms with E-state index in [2.05, 4.69) is 10.2 Å². The first-order valence-electron chi connectivity index (χ1n) is 7.68. The van der Waals surface area contributed by atoms with Crippen molar-refractivity contribution in [2.75, 3.05) is 32.8 Å². The lowest BCUT2D eigenvalue weighted by Gasteiger charge is -2.33. The molecule has 7 heteroatoms. The molecule has 1 aromatic rings. The lowest BCUT2D eigenvalue weighted by molar-refractivity contribution is -0.137. The lowest BCUT2D eigenvalue weighted by Crippen LogP contribution is -2.40. The highest BCUT2D eigenvalue weighted by molar-refractivity contribution is 5.75. The topological polar surface area (TPSA) is 41.6 Å². The van der Waals surface area contributed by atoms with Crippen LogP contribution in [0.3, 0.4) is 0 Å². The van der Waals surface area contributed by atoms with Crippen LogP contribution >= 0.6 is 0 Å². The first kappa shape index (κ1) is 17.7. The Kier molecular flexibility index (Phi) is 6.01. The molecule has 0 aromatic heterocycles. The van der Waals surface area contributed by atoms with Crippen LogP contribution in [0, 0.1) is 0 Å². The van der Waals surface area contributed by atoms with Gasteiger partial charge >= 0.3 is 6.18 Å². The van der Waals surface area contributed by atoms with Gasteiger partial charge in [0.15, 0.2) is 0 Å². The molecule has 1 fully saturated rings. The molecule has 1 atom stereocenters. The van der Waals surface area contributed by atoms with Crippen molar-refractivity contribution in [3.63, 3.8) is 0 Å². The lowest BCUT2D eigenvalue weighted by atomic mass is 10.0. The maximum atomic E-state index is 12.6. The zero-order valence-corrected chi connectivity index (χ0v) is 13.0. The number of nitrogens with zero attached hydrogens (tertiary/aromatic N) is 1. The first-order valence-corrected chi connectivity index (χ1v) is 7.68. The number of halogens is 3. The summed E-state index contributed by atoms with van der Waals surface area (Å²) >= 11 is 0. The van der Waals surface area contributed by atoms with Crippen molar-refractivity contribution in [2.24, 2.45) is 0 Å². The van der Waals surface area contributed by atoms with Gasteiger partial charge in [-0.25, -0.2) is 0 Å². The molecule has 1 amide bonds. The van der Waals surface area contributed by atoms with Gasteiger partial charge in [0, 0.05) is 32.6 Å². The Morgan fingerprint density at radius 2 is 2.04 bits per heavy atom. The van der Waals surface area contributed by atoms with E-state index in [4.69, 9.17) is 4.74 Å². The monoisotopic (exact) mass is 330 g/mol. The molecule has 1 heterocycles. The van der Waals surface area contributed by atoms with Gasteiger partial charge in [-0.1, -0.05) is 12.1 Å². The molecule has 0 saturated carbocycles. The number of hydrogen-bond donors (Lipinski definition) is 1. The molecule has 1 aliphatic heterocycles. The Morgan fingerprint density at radius 1 is 1.35 bits per heavy atom. The summed E-state index contributed by atoms with van der Waals surface area (Å²) in [5.74, 6) is 0.00470. The van der Waals surface area contributed by atoms with E-state index < -0.39 is 11.7 Å². The minimum absolute atomic E-state index is 0.00470. The second-order valence-electron chi connectivity index (χ2n) is 5.48. The number of rotatable bonds is 5. The van der Waals surface area contributed by atoms with Gasteiger partial charge in [0.25, 0.3) is 0 Å². The predicted octanol–water partition coefficient (Wildman–Crippen LogP) is 2.60. The Labute approximate surface area is 133 Å². The van der Waals surface area contributed by atoms with E-state index in [-0.39, 0.29) is 12.0 Å². The fourth-order valence-electron chi connectivity index (χ4n) is 2.54. The smallest absolute Gasteiger partial charge is 0.371 e. The summed E-state index contributed by atoms with van der Waals surface area (Å²) in [6, 6.07) is 5.07. The molecule has 2 rings (SSSR count). The number of carbonyl (C=O) groups excluding carboxylic acids is 1. The van der Waals surface area contributed by atoms with Crippen LogP contribution in [0.25, 0.3) is 0 Å². The molecule has 0 aliphatic carbocycles. The molecule has 0 unspecified atom stereocenters. The largest absolute Gasteiger partial charge is 0.416 e. The zero-order chi connectivity index (χ0) is 16.9. The summed E-state index contributed by atoms with van der Waals surface area (Å²) in [5, 5.41) is 2.74. The highest BCUT2D eigenvalue weighted by Gasteiger charge is 2.30. The Morgan fingerprint density at radius 3 is 2.65 bits per heavy atom. The number of benzene rings is 1. The molecule has 4 nitrogen and oxygen atoms in total. The van der Waals surface area contributed by atoms with Gasteiger partial charge in [-0.15, -0.1) is 0 Å². The van der Waals surface area contributed by atoms with Crippen LogP contribution in [0.4, 0.5) is 13.2 Å². The number of morpholine rings is 1. The van der Waals surface area contributed by atoms with Gasteiger partial charge in [-0.05, 0) is 24.6 Å². The highest BCUT2D eigenvalue weighted by Crippen LogP contribution is 2.31. The van der Waals surface area contributed by atoms with E-state index in [0.717, 1.165) is 24.2 Å². The summed E-state index contributed by atoms with van der Waals surface area (Å²) in [4.78, 5) is 13.6. The second kappa shape index (κ2) is 7.79. The third-order valence-corrected chi connectivity index (χ3v) is 3.79. The molecular formula is C16H21F3N2O2. The molecule has 1 saturated heterocycles. The van der Waals surface area contributed by atoms with Crippen LogP contribution in [-0.2, 0) is 15.7 Å². The molecule has 1 N–H and O–H groups in total. The Hall–Kier alpha value is -1.60. The van der Waals surface area contributed by atoms with E-state index in [9.17, 15) is 18.0 Å². The fraction of sp³-hybridized carbons (Fsp3) is 0.562. The van der Waals surface area contributed by atoms with Crippen molar-refractivity contribution < 1.29 is 22.7 Å². The highest BCUT2D eigenvalue weighted by atomic mass is 19.4. The second-order valence-corrected chi connectivity index (χ2v) is 5.48. The van der Waals surface area contributed by atoms with Crippen LogP contribution in [0.15, 0.2) is 24.3 Å². The molecule has 0 radical (unpaired) electrons. The van der Waals surface area contributed by atoms with E-state index in [1.54, 1.807) is 0 Å². The summed E-state index contributed by atoms with van der Waals surface area (Å²) < 4.78 is 43.4. The van der Waals surface area contributed by atoms with Crippen LogP contribution in [-0.4, -0.2) is 43.6 Å². The molecule has 0 bridgehead atoms. The third-order valence-electron chi connectivity index (χ3n) is 3.79. The third kappa shape index (κ3) is 5.21. The number of ether oxygens (including phenoxy) is 1. The molecule has 1 aromatic carbocycles. The van der Waals surface area contributed by atoms with Gasteiger partial charge in [0.1, 0.15) is 0 Å². The standard InChI is InChI=1S/C16H21F3N2O2/c1-2-20-15(22)7-8-21-9-10-23-14(11-21)12-3-5-13(6-4-12)16(17,18)19/h3-6,14H,2,7-11H2,1H3,(H,20,22)/t14-/m0/s1. The van der Waals surface area contributed by atoms with E-state index >= 15 is 0 Å². The Bertz CT molecular complexity index is 517. The number of hydrogen-bond acceptors (Lipinski definition) is 3. The minimum Gasteiger partial charge on any atom is -0.371 e. The maximum Gasteiger partial charge on any atom is 0.416 e. The van der Waals surface area contributed by atoms with Gasteiger partial charge in [-0.3, -0.25) is 9.69 Å². The van der Waals surface area contributed by atoms with E-state index in [0.29, 0.717) is 32.7 Å². The van der Waals surface area contributed by atoms with Gasteiger partial charge in [0.2, 0.25) is 5.91 Å². The number of amides is 1. The normalized spacial score (nSPS) is 19.6. The molecule has 128 valence electrons. The molecule has 1 aliphatic rings. The van der Waals surface area contributed by atoms with Gasteiger partial charge < -0.3 is 10.1 Å². The average molecular weight is 330 g/mol. The summed E-state index contributed by atoms with van der Waals surface area (Å²) in [7, 11) is 0. The van der Waals surface area contributed by atoms with Crippen molar-refractivity contribution in [3.05, 3.63) is 35.4 Å². The molecule has 0 spiro atoms. The number of nitrogens with one attached hydrogen (secondary N) is 1. The maximum absolute atomic E-state index is 12.6. The van der Waals surface area contributed by atoms with Crippen LogP contribution < -0.4 is 5.32 Å². The van der Waals surface area contributed by atoms with E-state index in [1.165, 1.54) is 12.1 Å².